The molecule has 0 saturated carbocycles. The molecule has 2 aromatic carbocycles. The van der Waals surface area contributed by atoms with Gasteiger partial charge >= 0.3 is 10.3 Å². The summed E-state index contributed by atoms with van der Waals surface area (Å²) in [4.78, 5) is 0. The summed E-state index contributed by atoms with van der Waals surface area (Å²) in [5, 5.41) is 0.733. The highest BCUT2D eigenvalue weighted by molar-refractivity contribution is 9.08. The zero-order valence-electron chi connectivity index (χ0n) is 13.4. The topological polar surface area (TPSA) is 57.6 Å². The Hall–Kier alpha value is -1.44. The quantitative estimate of drug-likeness (QED) is 0.563. The van der Waals surface area contributed by atoms with E-state index in [0.717, 1.165) is 26.8 Å². The first-order valence-electron chi connectivity index (χ1n) is 7.31. The minimum absolute atomic E-state index is 0.0829. The van der Waals surface area contributed by atoms with Crippen LogP contribution >= 0.6 is 15.9 Å². The molecule has 1 N–H and O–H groups in total. The van der Waals surface area contributed by atoms with E-state index in [-0.39, 0.29) is 5.69 Å². The molecule has 0 fully saturated rings. The highest BCUT2D eigenvalue weighted by Gasteiger charge is 2.35. The van der Waals surface area contributed by atoms with Crippen molar-refractivity contribution < 1.29 is 17.4 Å². The molecule has 4 nitrogen and oxygen atoms in total. The molecule has 0 aromatic heterocycles. The number of hydrogen-bond acceptors (Lipinski definition) is 2. The third-order valence-corrected chi connectivity index (χ3v) is 5.45. The first kappa shape index (κ1) is 18.9. The summed E-state index contributed by atoms with van der Waals surface area (Å²) in [6, 6.07) is 12.9. The lowest BCUT2D eigenvalue weighted by Gasteiger charge is -2.37. The first-order chi connectivity index (χ1) is 11.1. The number of alkyl halides is 1. The van der Waals surface area contributed by atoms with Crippen molar-refractivity contribution >= 4 is 31.9 Å². The molecule has 0 aliphatic carbocycles. The van der Waals surface area contributed by atoms with Gasteiger partial charge in [-0.3, -0.25) is 4.55 Å². The number of hydrogen-bond donors (Lipinski definition) is 1. The third-order valence-electron chi connectivity index (χ3n) is 3.64. The van der Waals surface area contributed by atoms with Crippen LogP contribution in [0.1, 0.15) is 25.0 Å². The van der Waals surface area contributed by atoms with E-state index < -0.39 is 21.7 Å². The van der Waals surface area contributed by atoms with Gasteiger partial charge in [-0.25, -0.2) is 8.70 Å². The van der Waals surface area contributed by atoms with Crippen LogP contribution in [0.2, 0.25) is 0 Å². The van der Waals surface area contributed by atoms with Crippen LogP contribution in [-0.2, 0) is 22.1 Å². The summed E-state index contributed by atoms with van der Waals surface area (Å²) in [5.41, 5.74) is 1.11. The summed E-state index contributed by atoms with van der Waals surface area (Å²) in [6.07, 6.45) is 0.353. The molecule has 0 bridgehead atoms. The molecule has 0 atom stereocenters. The molecular weight excluding hydrogens is 397 g/mol. The number of halogens is 2. The average Bonchev–Trinajstić information content (AvgIpc) is 2.45. The van der Waals surface area contributed by atoms with E-state index in [1.54, 1.807) is 13.8 Å². The van der Waals surface area contributed by atoms with Crippen LogP contribution < -0.4 is 4.31 Å². The second-order valence-corrected chi connectivity index (χ2v) is 7.98. The van der Waals surface area contributed by atoms with Crippen LogP contribution in [0, 0.1) is 5.82 Å². The maximum Gasteiger partial charge on any atom is 0.360 e. The van der Waals surface area contributed by atoms with E-state index in [1.807, 2.05) is 24.3 Å². The lowest BCUT2D eigenvalue weighted by molar-refractivity contribution is 0.437. The standard InChI is InChI=1S/C17H19BrFNO3S/c1-17(2,11-13-6-8-14(12-18)9-7-13)20(24(21,22)23)16-5-3-4-15(19)10-16/h3-10H,11-12H2,1-2H3,(H,21,22,23). The van der Waals surface area contributed by atoms with Gasteiger partial charge in [-0.15, -0.1) is 0 Å². The second kappa shape index (κ2) is 7.21. The maximum absolute atomic E-state index is 13.5. The van der Waals surface area contributed by atoms with Crippen LogP contribution in [0.3, 0.4) is 0 Å². The van der Waals surface area contributed by atoms with Gasteiger partial charge in [0, 0.05) is 5.33 Å². The SMILES string of the molecule is CC(C)(Cc1ccc(CBr)cc1)N(c1cccc(F)c1)S(=O)(=O)O. The van der Waals surface area contributed by atoms with Gasteiger partial charge in [-0.2, -0.15) is 8.42 Å². The van der Waals surface area contributed by atoms with Crippen LogP contribution in [0.15, 0.2) is 48.5 Å². The van der Waals surface area contributed by atoms with Gasteiger partial charge in [0.15, 0.2) is 0 Å². The molecule has 0 amide bonds. The zero-order chi connectivity index (χ0) is 18.0. The summed E-state index contributed by atoms with van der Waals surface area (Å²) in [5.74, 6) is -0.571. The van der Waals surface area contributed by atoms with Crippen molar-refractivity contribution in [3.8, 4) is 0 Å². The van der Waals surface area contributed by atoms with Crippen molar-refractivity contribution in [2.75, 3.05) is 4.31 Å². The van der Waals surface area contributed by atoms with Crippen molar-refractivity contribution in [1.29, 1.82) is 0 Å². The van der Waals surface area contributed by atoms with Gasteiger partial charge in [0.2, 0.25) is 0 Å². The molecule has 0 spiro atoms. The Morgan fingerprint density at radius 2 is 1.71 bits per heavy atom. The Kier molecular flexibility index (Phi) is 5.67. The molecule has 0 radical (unpaired) electrons. The maximum atomic E-state index is 13.5. The fraction of sp³-hybridized carbons (Fsp3) is 0.294. The summed E-state index contributed by atoms with van der Waals surface area (Å²) < 4.78 is 47.9. The van der Waals surface area contributed by atoms with Crippen molar-refractivity contribution in [3.05, 3.63) is 65.5 Å². The van der Waals surface area contributed by atoms with Gasteiger partial charge in [-0.1, -0.05) is 46.3 Å². The van der Waals surface area contributed by atoms with E-state index in [4.69, 9.17) is 0 Å². The van der Waals surface area contributed by atoms with Crippen LogP contribution in [0.4, 0.5) is 10.1 Å². The molecule has 130 valence electrons. The minimum Gasteiger partial charge on any atom is -0.269 e. The largest absolute Gasteiger partial charge is 0.360 e. The first-order valence-corrected chi connectivity index (χ1v) is 9.82. The van der Waals surface area contributed by atoms with Crippen molar-refractivity contribution in [2.24, 2.45) is 0 Å². The number of rotatable bonds is 6. The molecule has 2 aromatic rings. The molecule has 0 saturated heterocycles. The van der Waals surface area contributed by atoms with Crippen LogP contribution in [-0.4, -0.2) is 18.5 Å². The fourth-order valence-corrected chi connectivity index (χ4v) is 4.16. The second-order valence-electron chi connectivity index (χ2n) is 6.16. The van der Waals surface area contributed by atoms with Gasteiger partial charge in [0.25, 0.3) is 0 Å². The van der Waals surface area contributed by atoms with Gasteiger partial charge in [-0.05, 0) is 49.6 Å². The Balaban J connectivity index is 2.40. The summed E-state index contributed by atoms with van der Waals surface area (Å²) >= 11 is 3.37. The summed E-state index contributed by atoms with van der Waals surface area (Å²) in [6.45, 7) is 3.37. The highest BCUT2D eigenvalue weighted by Crippen LogP contribution is 2.30. The Labute approximate surface area is 150 Å². The molecule has 0 unspecified atom stereocenters. The molecule has 2 rings (SSSR count). The predicted molar refractivity (Wildman–Crippen MR) is 97.3 cm³/mol. The number of benzene rings is 2. The van der Waals surface area contributed by atoms with Gasteiger partial charge in [0.05, 0.1) is 11.2 Å². The predicted octanol–water partition coefficient (Wildman–Crippen LogP) is 4.35. The molecular formula is C17H19BrFNO3S. The summed E-state index contributed by atoms with van der Waals surface area (Å²) in [7, 11) is -4.57. The molecule has 24 heavy (non-hydrogen) atoms. The van der Waals surface area contributed by atoms with E-state index in [1.165, 1.54) is 18.2 Å². The van der Waals surface area contributed by atoms with E-state index >= 15 is 0 Å². The number of nitrogens with zero attached hydrogens (tertiary/aromatic N) is 1. The monoisotopic (exact) mass is 415 g/mol. The smallest absolute Gasteiger partial charge is 0.269 e. The molecule has 0 aliphatic rings. The Bertz CT molecular complexity index is 807. The molecule has 0 heterocycles. The number of anilines is 1. The normalized spacial score (nSPS) is 12.2. The molecule has 7 heteroatoms. The van der Waals surface area contributed by atoms with Gasteiger partial charge in [0.1, 0.15) is 5.82 Å². The minimum atomic E-state index is -4.57. The highest BCUT2D eigenvalue weighted by atomic mass is 79.9. The molecule has 0 aliphatic heterocycles. The lowest BCUT2D eigenvalue weighted by Crippen LogP contribution is -2.49. The lowest BCUT2D eigenvalue weighted by atomic mass is 9.94. The van der Waals surface area contributed by atoms with E-state index in [0.29, 0.717) is 6.42 Å². The van der Waals surface area contributed by atoms with Crippen LogP contribution in [0.25, 0.3) is 0 Å². The van der Waals surface area contributed by atoms with E-state index in [2.05, 4.69) is 15.9 Å². The van der Waals surface area contributed by atoms with Gasteiger partial charge < -0.3 is 0 Å². The fourth-order valence-electron chi connectivity index (χ4n) is 2.71. The van der Waals surface area contributed by atoms with E-state index in [9.17, 15) is 17.4 Å². The van der Waals surface area contributed by atoms with Crippen molar-refractivity contribution in [3.63, 3.8) is 0 Å². The average molecular weight is 416 g/mol. The Morgan fingerprint density at radius 1 is 1.12 bits per heavy atom. The van der Waals surface area contributed by atoms with Crippen molar-refractivity contribution in [1.82, 2.24) is 0 Å². The zero-order valence-corrected chi connectivity index (χ0v) is 15.8. The third kappa shape index (κ3) is 4.55. The Morgan fingerprint density at radius 3 is 2.21 bits per heavy atom. The van der Waals surface area contributed by atoms with Crippen molar-refractivity contribution in [2.45, 2.75) is 31.1 Å². The van der Waals surface area contributed by atoms with Crippen LogP contribution in [0.5, 0.6) is 0 Å².